The second-order valence-electron chi connectivity index (χ2n) is 8.10. The van der Waals surface area contributed by atoms with Crippen LogP contribution >= 0.6 is 11.6 Å². The van der Waals surface area contributed by atoms with Crippen LogP contribution < -0.4 is 5.32 Å². The summed E-state index contributed by atoms with van der Waals surface area (Å²) in [5.74, 6) is -0.156. The fourth-order valence-corrected chi connectivity index (χ4v) is 3.51. The summed E-state index contributed by atoms with van der Waals surface area (Å²) in [6.45, 7) is 10.8. The van der Waals surface area contributed by atoms with E-state index in [0.717, 1.165) is 22.5 Å². The summed E-state index contributed by atoms with van der Waals surface area (Å²) in [6.07, 6.45) is 3.58. The maximum Gasteiger partial charge on any atom is 0.244 e. The van der Waals surface area contributed by atoms with E-state index in [9.17, 15) is 9.90 Å². The Labute approximate surface area is 172 Å². The Kier molecular flexibility index (Phi) is 7.44. The molecule has 1 heterocycles. The second kappa shape index (κ2) is 9.39. The first-order valence-electron chi connectivity index (χ1n) is 9.50. The van der Waals surface area contributed by atoms with Gasteiger partial charge in [0.15, 0.2) is 0 Å². The SMILES string of the molecule is Cc1nn(Cc2ccccc2Cl)c(C)c1/C=C\C(=O)NCC(C)(C)C[C@H](C)O. The molecule has 0 spiro atoms. The van der Waals surface area contributed by atoms with Crippen LogP contribution in [0.2, 0.25) is 5.02 Å². The van der Waals surface area contributed by atoms with Crippen molar-refractivity contribution in [2.24, 2.45) is 5.41 Å². The van der Waals surface area contributed by atoms with Gasteiger partial charge in [0.05, 0.1) is 18.3 Å². The molecule has 2 aromatic rings. The number of aliphatic hydroxyl groups is 1. The zero-order valence-corrected chi connectivity index (χ0v) is 18.0. The lowest BCUT2D eigenvalue weighted by Gasteiger charge is -2.26. The van der Waals surface area contributed by atoms with Gasteiger partial charge in [0, 0.05) is 28.9 Å². The van der Waals surface area contributed by atoms with E-state index in [0.29, 0.717) is 24.5 Å². The Morgan fingerprint density at radius 2 is 2.04 bits per heavy atom. The zero-order chi connectivity index (χ0) is 20.9. The molecule has 0 saturated heterocycles. The van der Waals surface area contributed by atoms with Gasteiger partial charge in [-0.05, 0) is 50.3 Å². The van der Waals surface area contributed by atoms with E-state index in [1.165, 1.54) is 6.08 Å². The number of carbonyl (C=O) groups excluding carboxylic acids is 1. The van der Waals surface area contributed by atoms with Crippen LogP contribution in [0.3, 0.4) is 0 Å². The van der Waals surface area contributed by atoms with Crippen molar-refractivity contribution in [2.45, 2.75) is 53.7 Å². The molecule has 28 heavy (non-hydrogen) atoms. The number of carbonyl (C=O) groups is 1. The number of aryl methyl sites for hydroxylation is 1. The summed E-state index contributed by atoms with van der Waals surface area (Å²) in [4.78, 5) is 12.2. The van der Waals surface area contributed by atoms with Crippen molar-refractivity contribution < 1.29 is 9.90 Å². The average molecular weight is 404 g/mol. The highest BCUT2D eigenvalue weighted by molar-refractivity contribution is 6.31. The normalized spacial score (nSPS) is 13.1. The van der Waals surface area contributed by atoms with E-state index in [2.05, 4.69) is 10.4 Å². The second-order valence-corrected chi connectivity index (χ2v) is 8.51. The third-order valence-electron chi connectivity index (χ3n) is 4.71. The molecule has 0 aliphatic carbocycles. The van der Waals surface area contributed by atoms with Crippen LogP contribution in [0, 0.1) is 19.3 Å². The summed E-state index contributed by atoms with van der Waals surface area (Å²) in [5.41, 5.74) is 3.62. The number of hydrogen-bond acceptors (Lipinski definition) is 3. The highest BCUT2D eigenvalue weighted by Crippen LogP contribution is 2.22. The number of rotatable bonds is 8. The highest BCUT2D eigenvalue weighted by Gasteiger charge is 2.20. The number of amides is 1. The predicted octanol–water partition coefficient (Wildman–Crippen LogP) is 4.13. The third-order valence-corrected chi connectivity index (χ3v) is 5.07. The maximum absolute atomic E-state index is 12.2. The van der Waals surface area contributed by atoms with Crippen molar-refractivity contribution in [1.29, 1.82) is 0 Å². The van der Waals surface area contributed by atoms with Crippen LogP contribution in [0.15, 0.2) is 30.3 Å². The summed E-state index contributed by atoms with van der Waals surface area (Å²) in [7, 11) is 0. The van der Waals surface area contributed by atoms with Gasteiger partial charge in [-0.1, -0.05) is 43.6 Å². The summed E-state index contributed by atoms with van der Waals surface area (Å²) >= 11 is 6.26. The number of aliphatic hydroxyl groups excluding tert-OH is 1. The van der Waals surface area contributed by atoms with E-state index < -0.39 is 6.10 Å². The van der Waals surface area contributed by atoms with Gasteiger partial charge >= 0.3 is 0 Å². The van der Waals surface area contributed by atoms with Crippen molar-refractivity contribution in [3.05, 3.63) is 57.9 Å². The molecule has 1 atom stereocenters. The molecule has 0 bridgehead atoms. The number of nitrogens with zero attached hydrogens (tertiary/aromatic N) is 2. The van der Waals surface area contributed by atoms with E-state index in [1.807, 2.05) is 56.6 Å². The first-order valence-corrected chi connectivity index (χ1v) is 9.88. The molecule has 0 fully saturated rings. The molecule has 0 saturated carbocycles. The van der Waals surface area contributed by atoms with Gasteiger partial charge in [0.1, 0.15) is 0 Å². The first-order chi connectivity index (χ1) is 13.1. The van der Waals surface area contributed by atoms with E-state index >= 15 is 0 Å². The van der Waals surface area contributed by atoms with Gasteiger partial charge in [0.2, 0.25) is 5.91 Å². The quantitative estimate of drug-likeness (QED) is 0.651. The molecular weight excluding hydrogens is 374 g/mol. The Bertz CT molecular complexity index is 853. The Balaban J connectivity index is 2.05. The van der Waals surface area contributed by atoms with Gasteiger partial charge in [-0.2, -0.15) is 5.10 Å². The minimum Gasteiger partial charge on any atom is -0.393 e. The summed E-state index contributed by atoms with van der Waals surface area (Å²) < 4.78 is 1.90. The largest absolute Gasteiger partial charge is 0.393 e. The molecular formula is C22H30ClN3O2. The van der Waals surface area contributed by atoms with E-state index in [4.69, 9.17) is 11.6 Å². The van der Waals surface area contributed by atoms with Gasteiger partial charge < -0.3 is 10.4 Å². The molecule has 1 aromatic carbocycles. The molecule has 1 aromatic heterocycles. The van der Waals surface area contributed by atoms with Crippen molar-refractivity contribution in [2.75, 3.05) is 6.54 Å². The number of aromatic nitrogens is 2. The standard InChI is InChI=1S/C22H30ClN3O2/c1-15(27)12-22(4,5)14-24-21(28)11-10-19-16(2)25-26(17(19)3)13-18-8-6-7-9-20(18)23/h6-11,15,27H,12-14H2,1-5H3,(H,24,28)/b11-10-/t15-/m0/s1. The molecule has 0 aliphatic rings. The average Bonchev–Trinajstić information content (AvgIpc) is 2.86. The molecule has 2 N–H and O–H groups in total. The smallest absolute Gasteiger partial charge is 0.244 e. The fourth-order valence-electron chi connectivity index (χ4n) is 3.31. The van der Waals surface area contributed by atoms with Crippen molar-refractivity contribution in [3.63, 3.8) is 0 Å². The van der Waals surface area contributed by atoms with Gasteiger partial charge in [-0.3, -0.25) is 9.48 Å². The number of benzene rings is 1. The summed E-state index contributed by atoms with van der Waals surface area (Å²) in [5, 5.41) is 17.8. The zero-order valence-electron chi connectivity index (χ0n) is 17.3. The fraction of sp³-hybridized carbons (Fsp3) is 0.455. The highest BCUT2D eigenvalue weighted by atomic mass is 35.5. The minimum absolute atomic E-state index is 0.156. The Morgan fingerprint density at radius 1 is 1.36 bits per heavy atom. The Hall–Kier alpha value is -2.11. The number of hydrogen-bond donors (Lipinski definition) is 2. The lowest BCUT2D eigenvalue weighted by molar-refractivity contribution is -0.117. The molecule has 0 radical (unpaired) electrons. The lowest BCUT2D eigenvalue weighted by atomic mass is 9.87. The Morgan fingerprint density at radius 3 is 2.68 bits per heavy atom. The number of halogens is 1. The molecule has 1 amide bonds. The van der Waals surface area contributed by atoms with Crippen molar-refractivity contribution in [1.82, 2.24) is 15.1 Å². The van der Waals surface area contributed by atoms with Crippen LogP contribution in [0.25, 0.3) is 6.08 Å². The van der Waals surface area contributed by atoms with Crippen LogP contribution in [-0.4, -0.2) is 33.4 Å². The van der Waals surface area contributed by atoms with Crippen LogP contribution in [-0.2, 0) is 11.3 Å². The van der Waals surface area contributed by atoms with Crippen LogP contribution in [0.1, 0.15) is 49.7 Å². The lowest BCUT2D eigenvalue weighted by Crippen LogP contribution is -2.34. The minimum atomic E-state index is -0.392. The third kappa shape index (κ3) is 6.21. The first kappa shape index (κ1) is 22.2. The monoisotopic (exact) mass is 403 g/mol. The number of nitrogens with one attached hydrogen (secondary N) is 1. The maximum atomic E-state index is 12.2. The molecule has 2 rings (SSSR count). The van der Waals surface area contributed by atoms with Crippen LogP contribution in [0.5, 0.6) is 0 Å². The van der Waals surface area contributed by atoms with Crippen molar-refractivity contribution >= 4 is 23.6 Å². The van der Waals surface area contributed by atoms with E-state index in [1.54, 1.807) is 13.0 Å². The predicted molar refractivity (Wildman–Crippen MR) is 114 cm³/mol. The van der Waals surface area contributed by atoms with Gasteiger partial charge in [0.25, 0.3) is 0 Å². The van der Waals surface area contributed by atoms with Crippen LogP contribution in [0.4, 0.5) is 0 Å². The van der Waals surface area contributed by atoms with E-state index in [-0.39, 0.29) is 11.3 Å². The molecule has 0 unspecified atom stereocenters. The van der Waals surface area contributed by atoms with Gasteiger partial charge in [-0.25, -0.2) is 0 Å². The van der Waals surface area contributed by atoms with Gasteiger partial charge in [-0.15, -0.1) is 0 Å². The van der Waals surface area contributed by atoms with Crippen molar-refractivity contribution in [3.8, 4) is 0 Å². The molecule has 6 heteroatoms. The summed E-state index contributed by atoms with van der Waals surface area (Å²) in [6, 6.07) is 7.71. The molecule has 0 aliphatic heterocycles. The topological polar surface area (TPSA) is 67.2 Å². The molecule has 5 nitrogen and oxygen atoms in total. The molecule has 152 valence electrons.